The minimum absolute atomic E-state index is 0.0335. The molecule has 0 aliphatic rings. The van der Waals surface area contributed by atoms with Gasteiger partial charge in [0.05, 0.1) is 12.8 Å². The minimum Gasteiger partial charge on any atom is -0.494 e. The molecule has 1 aromatic carbocycles. The Morgan fingerprint density at radius 2 is 2.05 bits per heavy atom. The molecular weight excluding hydrogens is 261 g/mol. The molecule has 7 heteroatoms. The highest BCUT2D eigenvalue weighted by Crippen LogP contribution is 2.30. The number of alkyl halides is 3. The van der Waals surface area contributed by atoms with E-state index < -0.39 is 12.1 Å². The third kappa shape index (κ3) is 2.59. The van der Waals surface area contributed by atoms with Crippen LogP contribution < -0.4 is 10.1 Å². The van der Waals surface area contributed by atoms with Crippen LogP contribution in [-0.2, 0) is 4.79 Å². The van der Waals surface area contributed by atoms with Crippen molar-refractivity contribution in [2.75, 3.05) is 12.4 Å². The molecule has 1 N–H and O–H groups in total. The van der Waals surface area contributed by atoms with Crippen LogP contribution in [0.15, 0.2) is 30.5 Å². The number of amides is 1. The number of halogens is 3. The van der Waals surface area contributed by atoms with E-state index in [9.17, 15) is 18.0 Å². The van der Waals surface area contributed by atoms with E-state index >= 15 is 0 Å². The quantitative estimate of drug-likeness (QED) is 0.912. The summed E-state index contributed by atoms with van der Waals surface area (Å²) in [7, 11) is 1.43. The lowest BCUT2D eigenvalue weighted by molar-refractivity contribution is -0.167. The van der Waals surface area contributed by atoms with Crippen LogP contribution in [0.2, 0.25) is 0 Å². The van der Waals surface area contributed by atoms with Gasteiger partial charge in [-0.3, -0.25) is 9.78 Å². The molecule has 0 saturated carbocycles. The van der Waals surface area contributed by atoms with Crippen molar-refractivity contribution in [2.45, 2.75) is 6.18 Å². The van der Waals surface area contributed by atoms with Crippen LogP contribution in [-0.4, -0.2) is 24.2 Å². The van der Waals surface area contributed by atoms with Gasteiger partial charge in [0, 0.05) is 11.6 Å². The molecule has 1 heterocycles. The number of anilines is 1. The Bertz CT molecular complexity index is 626. The van der Waals surface area contributed by atoms with E-state index in [2.05, 4.69) is 4.98 Å². The van der Waals surface area contributed by atoms with Gasteiger partial charge in [0.15, 0.2) is 0 Å². The SMILES string of the molecule is COc1ccc(NC(=O)C(F)(F)F)c2cccnc12. The van der Waals surface area contributed by atoms with Crippen LogP contribution in [0.25, 0.3) is 10.9 Å². The van der Waals surface area contributed by atoms with Crippen molar-refractivity contribution in [3.63, 3.8) is 0 Å². The molecule has 0 aliphatic carbocycles. The standard InChI is InChI=1S/C12H9F3N2O2/c1-19-9-5-4-8(17-11(18)12(13,14)15)7-3-2-6-16-10(7)9/h2-6H,1H3,(H,17,18). The van der Waals surface area contributed by atoms with Crippen LogP contribution in [0, 0.1) is 0 Å². The zero-order valence-corrected chi connectivity index (χ0v) is 9.78. The van der Waals surface area contributed by atoms with Crippen molar-refractivity contribution >= 4 is 22.5 Å². The summed E-state index contributed by atoms with van der Waals surface area (Å²) < 4.78 is 41.7. The first-order chi connectivity index (χ1) is 8.93. The molecule has 0 saturated heterocycles. The Labute approximate surface area is 106 Å². The first kappa shape index (κ1) is 13.1. The Kier molecular flexibility index (Phi) is 3.28. The second kappa shape index (κ2) is 4.75. The van der Waals surface area contributed by atoms with Gasteiger partial charge < -0.3 is 10.1 Å². The smallest absolute Gasteiger partial charge is 0.471 e. The van der Waals surface area contributed by atoms with Gasteiger partial charge in [-0.25, -0.2) is 0 Å². The number of benzene rings is 1. The summed E-state index contributed by atoms with van der Waals surface area (Å²) in [4.78, 5) is 15.0. The van der Waals surface area contributed by atoms with Crippen LogP contribution in [0.1, 0.15) is 0 Å². The van der Waals surface area contributed by atoms with E-state index in [1.54, 1.807) is 12.1 Å². The Morgan fingerprint density at radius 3 is 2.68 bits per heavy atom. The van der Waals surface area contributed by atoms with Crippen molar-refractivity contribution in [1.29, 1.82) is 0 Å². The van der Waals surface area contributed by atoms with Crippen molar-refractivity contribution in [2.24, 2.45) is 0 Å². The van der Waals surface area contributed by atoms with Gasteiger partial charge in [-0.05, 0) is 24.3 Å². The zero-order valence-electron chi connectivity index (χ0n) is 9.78. The highest BCUT2D eigenvalue weighted by atomic mass is 19.4. The summed E-state index contributed by atoms with van der Waals surface area (Å²) in [6.07, 6.45) is -3.45. The molecule has 0 unspecified atom stereocenters. The fourth-order valence-electron chi connectivity index (χ4n) is 1.61. The maximum Gasteiger partial charge on any atom is 0.471 e. The number of pyridine rings is 1. The van der Waals surface area contributed by atoms with Gasteiger partial charge >= 0.3 is 12.1 Å². The van der Waals surface area contributed by atoms with E-state index in [4.69, 9.17) is 4.74 Å². The molecule has 0 bridgehead atoms. The van der Waals surface area contributed by atoms with Crippen molar-refractivity contribution < 1.29 is 22.7 Å². The lowest BCUT2D eigenvalue weighted by Gasteiger charge is -2.12. The minimum atomic E-state index is -4.94. The lowest BCUT2D eigenvalue weighted by atomic mass is 10.1. The third-order valence-corrected chi connectivity index (χ3v) is 2.46. The number of hydrogen-bond donors (Lipinski definition) is 1. The fraction of sp³-hybridized carbons (Fsp3) is 0.167. The molecule has 0 spiro atoms. The number of fused-ring (bicyclic) bond motifs is 1. The molecule has 2 rings (SSSR count). The molecule has 19 heavy (non-hydrogen) atoms. The molecule has 0 aliphatic heterocycles. The average Bonchev–Trinajstić information content (AvgIpc) is 2.38. The second-order valence-corrected chi connectivity index (χ2v) is 3.67. The topological polar surface area (TPSA) is 51.2 Å². The van der Waals surface area contributed by atoms with Gasteiger partial charge in [-0.2, -0.15) is 13.2 Å². The molecule has 1 aromatic heterocycles. The van der Waals surface area contributed by atoms with E-state index in [0.29, 0.717) is 16.7 Å². The van der Waals surface area contributed by atoms with E-state index in [1.165, 1.54) is 25.4 Å². The molecule has 1 amide bonds. The summed E-state index contributed by atoms with van der Waals surface area (Å²) in [5.74, 6) is -1.61. The number of nitrogens with one attached hydrogen (secondary N) is 1. The highest BCUT2D eigenvalue weighted by Gasteiger charge is 2.38. The van der Waals surface area contributed by atoms with E-state index in [-0.39, 0.29) is 5.69 Å². The van der Waals surface area contributed by atoms with Crippen molar-refractivity contribution in [3.8, 4) is 5.75 Å². The lowest BCUT2D eigenvalue weighted by Crippen LogP contribution is -2.30. The molecule has 0 atom stereocenters. The molecule has 100 valence electrons. The fourth-order valence-corrected chi connectivity index (χ4v) is 1.61. The number of rotatable bonds is 2. The largest absolute Gasteiger partial charge is 0.494 e. The maximum absolute atomic E-state index is 12.2. The second-order valence-electron chi connectivity index (χ2n) is 3.67. The Balaban J connectivity index is 2.48. The van der Waals surface area contributed by atoms with Crippen molar-refractivity contribution in [3.05, 3.63) is 30.5 Å². The van der Waals surface area contributed by atoms with Gasteiger partial charge in [-0.1, -0.05) is 0 Å². The highest BCUT2D eigenvalue weighted by molar-refractivity contribution is 6.04. The number of nitrogens with zero attached hydrogens (tertiary/aromatic N) is 1. The maximum atomic E-state index is 12.2. The Hall–Kier alpha value is -2.31. The predicted molar refractivity (Wildman–Crippen MR) is 63.0 cm³/mol. The summed E-state index contributed by atoms with van der Waals surface area (Å²) in [5, 5.41) is 2.19. The van der Waals surface area contributed by atoms with Crippen LogP contribution in [0.4, 0.5) is 18.9 Å². The van der Waals surface area contributed by atoms with Crippen LogP contribution >= 0.6 is 0 Å². The molecule has 2 aromatic rings. The van der Waals surface area contributed by atoms with Crippen molar-refractivity contribution in [1.82, 2.24) is 4.98 Å². The number of methoxy groups -OCH3 is 1. The number of ether oxygens (including phenoxy) is 1. The zero-order chi connectivity index (χ0) is 14.0. The average molecular weight is 270 g/mol. The number of hydrogen-bond acceptors (Lipinski definition) is 3. The summed E-state index contributed by atoms with van der Waals surface area (Å²) in [6.45, 7) is 0. The molecular formula is C12H9F3N2O2. The van der Waals surface area contributed by atoms with Gasteiger partial charge in [-0.15, -0.1) is 0 Å². The van der Waals surface area contributed by atoms with E-state index in [0.717, 1.165) is 0 Å². The van der Waals surface area contributed by atoms with Crippen LogP contribution in [0.5, 0.6) is 5.75 Å². The molecule has 0 radical (unpaired) electrons. The first-order valence-corrected chi connectivity index (χ1v) is 5.23. The number of carbonyl (C=O) groups excluding carboxylic acids is 1. The molecule has 4 nitrogen and oxygen atoms in total. The third-order valence-electron chi connectivity index (χ3n) is 2.46. The normalized spacial score (nSPS) is 11.4. The van der Waals surface area contributed by atoms with E-state index in [1.807, 2.05) is 5.32 Å². The monoisotopic (exact) mass is 270 g/mol. The number of aromatic nitrogens is 1. The number of carbonyl (C=O) groups is 1. The Morgan fingerprint density at radius 1 is 1.32 bits per heavy atom. The van der Waals surface area contributed by atoms with Crippen LogP contribution in [0.3, 0.4) is 0 Å². The first-order valence-electron chi connectivity index (χ1n) is 5.23. The molecule has 0 fully saturated rings. The predicted octanol–water partition coefficient (Wildman–Crippen LogP) is 2.74. The van der Waals surface area contributed by atoms with Gasteiger partial charge in [0.1, 0.15) is 11.3 Å². The summed E-state index contributed by atoms with van der Waals surface area (Å²) in [6, 6.07) is 5.90. The van der Waals surface area contributed by atoms with Gasteiger partial charge in [0.2, 0.25) is 0 Å². The summed E-state index contributed by atoms with van der Waals surface area (Å²) in [5.41, 5.74) is 0.413. The van der Waals surface area contributed by atoms with Gasteiger partial charge in [0.25, 0.3) is 0 Å². The summed E-state index contributed by atoms with van der Waals surface area (Å²) >= 11 is 0.